The van der Waals surface area contributed by atoms with Gasteiger partial charge in [0.25, 0.3) is 0 Å². The minimum Gasteiger partial charge on any atom is -0.494 e. The van der Waals surface area contributed by atoms with Crippen LogP contribution in [-0.2, 0) is 0 Å². The van der Waals surface area contributed by atoms with Gasteiger partial charge < -0.3 is 19.9 Å². The Bertz CT molecular complexity index is 1310. The van der Waals surface area contributed by atoms with E-state index in [2.05, 4.69) is 57.7 Å². The van der Waals surface area contributed by atoms with Gasteiger partial charge >= 0.3 is 6.03 Å². The number of urea groups is 1. The minimum absolute atomic E-state index is 0.124. The maximum atomic E-state index is 12.3. The highest BCUT2D eigenvalue weighted by Crippen LogP contribution is 2.44. The number of allylic oxidation sites excluding steroid dienone is 1. The molecule has 2 N–H and O–H groups in total. The molecule has 2 aliphatic carbocycles. The fourth-order valence-corrected chi connectivity index (χ4v) is 5.26. The van der Waals surface area contributed by atoms with E-state index < -0.39 is 0 Å². The molecule has 0 spiro atoms. The van der Waals surface area contributed by atoms with Gasteiger partial charge in [0.05, 0.1) is 30.1 Å². The molecule has 2 saturated carbocycles. The van der Waals surface area contributed by atoms with Crippen LogP contribution in [0.2, 0.25) is 0 Å². The highest BCUT2D eigenvalue weighted by Gasteiger charge is 2.29. The second-order valence-electron chi connectivity index (χ2n) is 9.72. The maximum Gasteiger partial charge on any atom is 0.319 e. The summed E-state index contributed by atoms with van der Waals surface area (Å²) in [4.78, 5) is 17.1. The number of hydrogen-bond acceptors (Lipinski definition) is 3. The minimum atomic E-state index is -0.124. The van der Waals surface area contributed by atoms with E-state index in [1.807, 2.05) is 19.1 Å². The number of amides is 2. The largest absolute Gasteiger partial charge is 0.494 e. The summed E-state index contributed by atoms with van der Waals surface area (Å²) in [5.41, 5.74) is 6.57. The number of ether oxygens (including phenoxy) is 1. The van der Waals surface area contributed by atoms with Crippen molar-refractivity contribution in [2.45, 2.75) is 57.5 Å². The lowest BCUT2D eigenvalue weighted by molar-refractivity contribution is 0.240. The van der Waals surface area contributed by atoms with Crippen molar-refractivity contribution in [3.05, 3.63) is 60.2 Å². The van der Waals surface area contributed by atoms with Crippen LogP contribution in [0, 0.1) is 0 Å². The van der Waals surface area contributed by atoms with Crippen molar-refractivity contribution < 1.29 is 9.53 Å². The van der Waals surface area contributed by atoms with Crippen LogP contribution < -0.4 is 15.4 Å². The number of carbonyl (C=O) groups is 1. The van der Waals surface area contributed by atoms with Crippen molar-refractivity contribution in [1.82, 2.24) is 9.88 Å². The molecule has 2 amide bonds. The number of rotatable bonds is 7. The van der Waals surface area contributed by atoms with Crippen LogP contribution in [0.15, 0.2) is 59.6 Å². The molecule has 2 aromatic carbocycles. The standard InChI is InChI=1S/C29H32N4O2/c1-2-35-23-15-16-24-26(18-23)33(22-8-4-9-22)28(27(24)25-10-5-17-30-25)19-11-13-21(14-12-19)32-29(34)31-20-6-3-7-20/h5,10-16,18,20,22H,2-4,6-9,17H2,1H3,(H2,31,32,34). The van der Waals surface area contributed by atoms with E-state index in [4.69, 9.17) is 9.73 Å². The number of benzene rings is 2. The topological polar surface area (TPSA) is 67.7 Å². The average molecular weight is 469 g/mol. The molecule has 6 nitrogen and oxygen atoms in total. The molecule has 0 radical (unpaired) electrons. The number of carbonyl (C=O) groups excluding carboxylic acids is 1. The zero-order valence-electron chi connectivity index (χ0n) is 20.2. The first-order valence-corrected chi connectivity index (χ1v) is 12.9. The van der Waals surface area contributed by atoms with Crippen LogP contribution in [0.4, 0.5) is 10.5 Å². The maximum absolute atomic E-state index is 12.3. The van der Waals surface area contributed by atoms with Crippen molar-refractivity contribution in [2.75, 3.05) is 18.5 Å². The molecule has 3 aromatic rings. The van der Waals surface area contributed by atoms with E-state index in [1.54, 1.807) is 0 Å². The van der Waals surface area contributed by atoms with Crippen molar-refractivity contribution in [3.8, 4) is 17.0 Å². The molecule has 0 bridgehead atoms. The highest BCUT2D eigenvalue weighted by atomic mass is 16.5. The fraction of sp³-hybridized carbons (Fsp3) is 0.379. The second-order valence-corrected chi connectivity index (χ2v) is 9.72. The first kappa shape index (κ1) is 22.0. The summed E-state index contributed by atoms with van der Waals surface area (Å²) in [5, 5.41) is 7.24. The number of nitrogens with one attached hydrogen (secondary N) is 2. The number of aliphatic imine (C=N–C) groups is 1. The molecule has 1 aliphatic heterocycles. The van der Waals surface area contributed by atoms with Gasteiger partial charge in [0, 0.05) is 34.8 Å². The quantitative estimate of drug-likeness (QED) is 0.418. The third-order valence-corrected chi connectivity index (χ3v) is 7.48. The van der Waals surface area contributed by atoms with Crippen LogP contribution in [0.1, 0.15) is 57.1 Å². The lowest BCUT2D eigenvalue weighted by atomic mass is 9.92. The normalized spacial score (nSPS) is 17.7. The van der Waals surface area contributed by atoms with Gasteiger partial charge in [0.2, 0.25) is 0 Å². The Morgan fingerprint density at radius 3 is 2.51 bits per heavy atom. The first-order valence-electron chi connectivity index (χ1n) is 12.9. The van der Waals surface area contributed by atoms with Crippen molar-refractivity contribution in [1.29, 1.82) is 0 Å². The predicted octanol–water partition coefficient (Wildman–Crippen LogP) is 6.46. The Hall–Kier alpha value is -3.54. The van der Waals surface area contributed by atoms with E-state index in [-0.39, 0.29) is 6.03 Å². The first-order chi connectivity index (χ1) is 17.2. The molecule has 0 saturated heterocycles. The molecule has 3 aliphatic rings. The number of aromatic nitrogens is 1. The zero-order chi connectivity index (χ0) is 23.8. The summed E-state index contributed by atoms with van der Waals surface area (Å²) in [7, 11) is 0. The van der Waals surface area contributed by atoms with Crippen LogP contribution in [-0.4, -0.2) is 35.5 Å². The molecule has 0 unspecified atom stereocenters. The molecule has 2 fully saturated rings. The summed E-state index contributed by atoms with van der Waals surface area (Å²) in [6.07, 6.45) is 11.2. The Morgan fingerprint density at radius 2 is 1.89 bits per heavy atom. The molecule has 2 heterocycles. The third kappa shape index (κ3) is 4.11. The monoisotopic (exact) mass is 468 g/mol. The molecule has 6 rings (SSSR count). The van der Waals surface area contributed by atoms with E-state index in [0.29, 0.717) is 18.7 Å². The van der Waals surface area contributed by atoms with Crippen LogP contribution in [0.5, 0.6) is 5.75 Å². The van der Waals surface area contributed by atoms with Crippen molar-refractivity contribution >= 4 is 28.3 Å². The van der Waals surface area contributed by atoms with Gasteiger partial charge in [-0.05, 0) is 81.4 Å². The van der Waals surface area contributed by atoms with E-state index in [1.165, 1.54) is 47.8 Å². The summed E-state index contributed by atoms with van der Waals surface area (Å²) in [6.45, 7) is 3.39. The van der Waals surface area contributed by atoms with Gasteiger partial charge in [-0.1, -0.05) is 18.2 Å². The Morgan fingerprint density at radius 1 is 1.09 bits per heavy atom. The molecule has 35 heavy (non-hydrogen) atoms. The number of nitrogens with zero attached hydrogens (tertiary/aromatic N) is 2. The lowest BCUT2D eigenvalue weighted by Crippen LogP contribution is -2.41. The summed E-state index contributed by atoms with van der Waals surface area (Å²) >= 11 is 0. The van der Waals surface area contributed by atoms with E-state index >= 15 is 0 Å². The third-order valence-electron chi connectivity index (χ3n) is 7.48. The number of fused-ring (bicyclic) bond motifs is 1. The summed E-state index contributed by atoms with van der Waals surface area (Å²) in [6, 6.07) is 15.3. The highest BCUT2D eigenvalue weighted by molar-refractivity contribution is 6.21. The van der Waals surface area contributed by atoms with Crippen molar-refractivity contribution in [3.63, 3.8) is 0 Å². The predicted molar refractivity (Wildman–Crippen MR) is 142 cm³/mol. The fourth-order valence-electron chi connectivity index (χ4n) is 5.26. The van der Waals surface area contributed by atoms with Gasteiger partial charge in [0.1, 0.15) is 5.75 Å². The zero-order valence-corrected chi connectivity index (χ0v) is 20.2. The van der Waals surface area contributed by atoms with Gasteiger partial charge in [-0.3, -0.25) is 4.99 Å². The molecule has 6 heteroatoms. The molecule has 180 valence electrons. The van der Waals surface area contributed by atoms with E-state index in [0.717, 1.165) is 42.1 Å². The summed E-state index contributed by atoms with van der Waals surface area (Å²) in [5.74, 6) is 0.900. The van der Waals surface area contributed by atoms with E-state index in [9.17, 15) is 4.79 Å². The van der Waals surface area contributed by atoms with Crippen molar-refractivity contribution in [2.24, 2.45) is 4.99 Å². The Kier molecular flexibility index (Phi) is 5.80. The van der Waals surface area contributed by atoms with Gasteiger partial charge in [-0.2, -0.15) is 0 Å². The molecular formula is C29H32N4O2. The number of anilines is 1. The SMILES string of the molecule is CCOc1ccc2c(C3=NCC=C3)c(-c3ccc(NC(=O)NC4CCC4)cc3)n(C3CCC3)c2c1. The van der Waals surface area contributed by atoms with Gasteiger partial charge in [-0.25, -0.2) is 4.79 Å². The smallest absolute Gasteiger partial charge is 0.319 e. The van der Waals surface area contributed by atoms with Gasteiger partial charge in [0.15, 0.2) is 0 Å². The molecule has 1 aromatic heterocycles. The Labute approximate surface area is 206 Å². The Balaban J connectivity index is 1.43. The molecule has 0 atom stereocenters. The average Bonchev–Trinajstić information content (AvgIpc) is 3.43. The van der Waals surface area contributed by atoms with Crippen LogP contribution in [0.25, 0.3) is 22.2 Å². The van der Waals surface area contributed by atoms with Crippen LogP contribution >= 0.6 is 0 Å². The second kappa shape index (κ2) is 9.25. The van der Waals surface area contributed by atoms with Crippen LogP contribution in [0.3, 0.4) is 0 Å². The lowest BCUT2D eigenvalue weighted by Gasteiger charge is -2.30. The summed E-state index contributed by atoms with van der Waals surface area (Å²) < 4.78 is 8.38. The number of hydrogen-bond donors (Lipinski definition) is 2. The molecular weight excluding hydrogens is 436 g/mol. The van der Waals surface area contributed by atoms with Gasteiger partial charge in [-0.15, -0.1) is 0 Å².